The van der Waals surface area contributed by atoms with Crippen molar-refractivity contribution in [1.29, 1.82) is 0 Å². The lowest BCUT2D eigenvalue weighted by molar-refractivity contribution is 0.574. The Bertz CT molecular complexity index is 1220. The average Bonchev–Trinajstić information content (AvgIpc) is 3.33. The molecule has 1 aromatic carbocycles. The Balaban J connectivity index is 1.84. The van der Waals surface area contributed by atoms with E-state index >= 15 is 0 Å². The second kappa shape index (κ2) is 6.15. The zero-order chi connectivity index (χ0) is 18.5. The molecule has 1 aliphatic rings. The lowest BCUT2D eigenvalue weighted by Crippen LogP contribution is -2.28. The lowest BCUT2D eigenvalue weighted by Gasteiger charge is -2.27. The van der Waals surface area contributed by atoms with Crippen molar-refractivity contribution in [2.24, 2.45) is 0 Å². The summed E-state index contributed by atoms with van der Waals surface area (Å²) in [5.74, 6) is 0.380. The number of aromatic amines is 1. The Labute approximate surface area is 165 Å². The normalized spacial score (nSPS) is 15.1. The molecule has 0 saturated heterocycles. The summed E-state index contributed by atoms with van der Waals surface area (Å²) in [5.41, 5.74) is 1.79. The molecule has 0 bridgehead atoms. The molecule has 0 amide bonds. The van der Waals surface area contributed by atoms with Gasteiger partial charge >= 0.3 is 0 Å². The maximum absolute atomic E-state index is 12.5. The Morgan fingerprint density at radius 2 is 2.11 bits per heavy atom. The van der Waals surface area contributed by atoms with Crippen LogP contribution in [0.15, 0.2) is 40.5 Å². The molecule has 1 atom stereocenters. The molecule has 0 aliphatic carbocycles. The fourth-order valence-corrected chi connectivity index (χ4v) is 4.45. The molecule has 0 radical (unpaired) electrons. The number of hydrogen-bond donors (Lipinski definition) is 2. The summed E-state index contributed by atoms with van der Waals surface area (Å²) in [6.07, 6.45) is 0. The van der Waals surface area contributed by atoms with Crippen LogP contribution in [0.3, 0.4) is 0 Å². The van der Waals surface area contributed by atoms with Crippen LogP contribution in [0, 0.1) is 0 Å². The SMILES string of the molecule is O=c1[nH]nc(-c2ccc(Cl)cc2Cl)c2c1Nc1nnnn1[C@H]2c1cccs1. The molecule has 27 heavy (non-hydrogen) atoms. The molecule has 4 aromatic rings. The molecule has 1 aliphatic heterocycles. The van der Waals surface area contributed by atoms with Crippen LogP contribution in [0.2, 0.25) is 10.0 Å². The van der Waals surface area contributed by atoms with Crippen molar-refractivity contribution in [1.82, 2.24) is 30.4 Å². The molecule has 11 heteroatoms. The van der Waals surface area contributed by atoms with Crippen LogP contribution in [0.1, 0.15) is 16.5 Å². The van der Waals surface area contributed by atoms with Crippen LogP contribution in [0.25, 0.3) is 11.3 Å². The lowest BCUT2D eigenvalue weighted by atomic mass is 9.96. The van der Waals surface area contributed by atoms with Crippen LogP contribution in [0.5, 0.6) is 0 Å². The number of nitrogens with one attached hydrogen (secondary N) is 2. The van der Waals surface area contributed by atoms with Gasteiger partial charge in [-0.1, -0.05) is 34.4 Å². The molecule has 4 heterocycles. The second-order valence-corrected chi connectivity index (χ2v) is 7.63. The summed E-state index contributed by atoms with van der Waals surface area (Å²) in [6, 6.07) is 8.61. The number of tetrazole rings is 1. The van der Waals surface area contributed by atoms with E-state index in [0.29, 0.717) is 38.5 Å². The first-order chi connectivity index (χ1) is 13.1. The predicted octanol–water partition coefficient (Wildman–Crippen LogP) is 3.49. The Morgan fingerprint density at radius 3 is 2.89 bits per heavy atom. The largest absolute Gasteiger partial charge is 0.318 e. The third kappa shape index (κ3) is 2.54. The topological polar surface area (TPSA) is 101 Å². The van der Waals surface area contributed by atoms with E-state index in [4.69, 9.17) is 23.2 Å². The number of fused-ring (bicyclic) bond motifs is 2. The van der Waals surface area contributed by atoms with Gasteiger partial charge in [-0.2, -0.15) is 9.78 Å². The van der Waals surface area contributed by atoms with Gasteiger partial charge in [0.05, 0.1) is 5.02 Å². The van der Waals surface area contributed by atoms with E-state index in [1.54, 1.807) is 22.9 Å². The van der Waals surface area contributed by atoms with Gasteiger partial charge in [0.15, 0.2) is 0 Å². The molecule has 3 aromatic heterocycles. The number of benzene rings is 1. The zero-order valence-corrected chi connectivity index (χ0v) is 15.7. The first-order valence-electron chi connectivity index (χ1n) is 7.80. The van der Waals surface area contributed by atoms with E-state index in [1.165, 1.54) is 11.3 Å². The molecule has 8 nitrogen and oxygen atoms in total. The smallest absolute Gasteiger partial charge is 0.288 e. The monoisotopic (exact) mass is 417 g/mol. The van der Waals surface area contributed by atoms with Crippen LogP contribution >= 0.6 is 34.5 Å². The van der Waals surface area contributed by atoms with Gasteiger partial charge in [-0.15, -0.1) is 11.3 Å². The van der Waals surface area contributed by atoms with Crippen LogP contribution in [-0.4, -0.2) is 30.4 Å². The van der Waals surface area contributed by atoms with Gasteiger partial charge in [0.25, 0.3) is 5.56 Å². The van der Waals surface area contributed by atoms with E-state index in [0.717, 1.165) is 4.88 Å². The van der Waals surface area contributed by atoms with Crippen molar-refractivity contribution in [2.45, 2.75) is 6.04 Å². The highest BCUT2D eigenvalue weighted by Crippen LogP contribution is 2.43. The number of hydrogen-bond acceptors (Lipinski definition) is 7. The van der Waals surface area contributed by atoms with Gasteiger partial charge < -0.3 is 5.32 Å². The Kier molecular flexibility index (Phi) is 3.74. The van der Waals surface area contributed by atoms with Crippen LogP contribution in [-0.2, 0) is 0 Å². The molecule has 0 saturated carbocycles. The minimum Gasteiger partial charge on any atom is -0.318 e. The Hall–Kier alpha value is -2.75. The van der Waals surface area contributed by atoms with Crippen LogP contribution < -0.4 is 10.9 Å². The summed E-state index contributed by atoms with van der Waals surface area (Å²) in [5, 5.41) is 24.5. The molecule has 0 unspecified atom stereocenters. The van der Waals surface area contributed by atoms with E-state index in [-0.39, 0.29) is 5.56 Å². The molecule has 2 N–H and O–H groups in total. The average molecular weight is 418 g/mol. The van der Waals surface area contributed by atoms with E-state index in [9.17, 15) is 4.79 Å². The summed E-state index contributed by atoms with van der Waals surface area (Å²) in [6.45, 7) is 0. The summed E-state index contributed by atoms with van der Waals surface area (Å²) in [4.78, 5) is 13.5. The third-order valence-corrected chi connectivity index (χ3v) is 5.74. The van der Waals surface area contributed by atoms with Gasteiger partial charge in [0.1, 0.15) is 17.4 Å². The molecule has 0 spiro atoms. The standard InChI is InChI=1S/C16H9Cl2N7OS/c17-7-3-4-8(9(18)6-7)12-11-13(15(26)21-20-12)19-16-22-23-24-25(16)14(11)10-2-1-5-27-10/h1-6,14H,(H,21,26)(H,19,22,24)/t14-/m0/s1. The zero-order valence-electron chi connectivity index (χ0n) is 13.3. The van der Waals surface area contributed by atoms with Gasteiger partial charge in [0, 0.05) is 21.0 Å². The van der Waals surface area contributed by atoms with Crippen molar-refractivity contribution >= 4 is 46.2 Å². The van der Waals surface area contributed by atoms with Crippen molar-refractivity contribution in [2.75, 3.05) is 5.32 Å². The quantitative estimate of drug-likeness (QED) is 0.455. The fourth-order valence-electron chi connectivity index (χ4n) is 3.13. The molecule has 134 valence electrons. The van der Waals surface area contributed by atoms with E-state index in [2.05, 4.69) is 31.0 Å². The summed E-state index contributed by atoms with van der Waals surface area (Å²) in [7, 11) is 0. The highest BCUT2D eigenvalue weighted by atomic mass is 35.5. The summed E-state index contributed by atoms with van der Waals surface area (Å²) < 4.78 is 1.63. The second-order valence-electron chi connectivity index (χ2n) is 5.80. The van der Waals surface area contributed by atoms with Gasteiger partial charge in [-0.3, -0.25) is 4.79 Å². The minimum absolute atomic E-state index is 0.340. The Morgan fingerprint density at radius 1 is 1.22 bits per heavy atom. The number of anilines is 2. The number of aromatic nitrogens is 6. The predicted molar refractivity (Wildman–Crippen MR) is 103 cm³/mol. The van der Waals surface area contributed by atoms with Gasteiger partial charge in [-0.05, 0) is 40.1 Å². The molecular formula is C16H9Cl2N7OS. The first kappa shape index (κ1) is 16.4. The summed E-state index contributed by atoms with van der Waals surface area (Å²) >= 11 is 14.0. The highest BCUT2D eigenvalue weighted by molar-refractivity contribution is 7.10. The maximum Gasteiger partial charge on any atom is 0.288 e. The molecule has 5 rings (SSSR count). The third-order valence-electron chi connectivity index (χ3n) is 4.27. The van der Waals surface area contributed by atoms with Crippen molar-refractivity contribution < 1.29 is 0 Å². The minimum atomic E-state index is -0.414. The van der Waals surface area contributed by atoms with Crippen molar-refractivity contribution in [3.05, 3.63) is 66.6 Å². The molecular weight excluding hydrogens is 409 g/mol. The first-order valence-corrected chi connectivity index (χ1v) is 9.43. The van der Waals surface area contributed by atoms with Gasteiger partial charge in [0.2, 0.25) is 5.95 Å². The molecule has 0 fully saturated rings. The van der Waals surface area contributed by atoms with E-state index < -0.39 is 6.04 Å². The highest BCUT2D eigenvalue weighted by Gasteiger charge is 2.35. The number of H-pyrrole nitrogens is 1. The van der Waals surface area contributed by atoms with Crippen molar-refractivity contribution in [3.8, 4) is 11.3 Å². The number of thiophene rings is 1. The van der Waals surface area contributed by atoms with Crippen molar-refractivity contribution in [3.63, 3.8) is 0 Å². The number of nitrogens with zero attached hydrogens (tertiary/aromatic N) is 5. The van der Waals surface area contributed by atoms with E-state index in [1.807, 2.05) is 17.5 Å². The number of halogens is 2. The maximum atomic E-state index is 12.5. The number of rotatable bonds is 2. The fraction of sp³-hybridized carbons (Fsp3) is 0.0625. The van der Waals surface area contributed by atoms with Gasteiger partial charge in [-0.25, -0.2) is 5.10 Å². The van der Waals surface area contributed by atoms with Crippen LogP contribution in [0.4, 0.5) is 11.6 Å².